The van der Waals surface area contributed by atoms with Crippen LogP contribution in [0.15, 0.2) is 60.8 Å². The van der Waals surface area contributed by atoms with Gasteiger partial charge in [-0.15, -0.1) is 5.10 Å². The third-order valence-corrected chi connectivity index (χ3v) is 8.23. The fourth-order valence-electron chi connectivity index (χ4n) is 5.76. The molecule has 1 unspecified atom stereocenters. The van der Waals surface area contributed by atoms with Crippen LogP contribution in [-0.4, -0.2) is 51.1 Å². The number of hydrogen-bond donors (Lipinski definition) is 0. The fraction of sp³-hybridized carbons (Fsp3) is 0.312. The minimum atomic E-state index is -2.91. The van der Waals surface area contributed by atoms with Gasteiger partial charge in [-0.25, -0.2) is 18.4 Å². The van der Waals surface area contributed by atoms with Gasteiger partial charge in [0.05, 0.1) is 29.5 Å². The van der Waals surface area contributed by atoms with E-state index in [0.717, 1.165) is 46.1 Å². The van der Waals surface area contributed by atoms with Crippen LogP contribution < -0.4 is 4.74 Å². The van der Waals surface area contributed by atoms with Crippen molar-refractivity contribution in [1.82, 2.24) is 29.9 Å². The molecule has 10 heteroatoms. The number of benzene rings is 2. The van der Waals surface area contributed by atoms with Gasteiger partial charge in [0.1, 0.15) is 5.54 Å². The number of pyridine rings is 2. The van der Waals surface area contributed by atoms with Gasteiger partial charge in [0.2, 0.25) is 5.88 Å². The van der Waals surface area contributed by atoms with Gasteiger partial charge >= 0.3 is 0 Å². The second-order valence-corrected chi connectivity index (χ2v) is 11.2. The first-order valence-corrected chi connectivity index (χ1v) is 13.9. The Kier molecular flexibility index (Phi) is 7.76. The number of fused-ring (bicyclic) bond motifs is 1. The predicted octanol–water partition coefficient (Wildman–Crippen LogP) is 6.59. The molecule has 0 fully saturated rings. The summed E-state index contributed by atoms with van der Waals surface area (Å²) in [4.78, 5) is 11.7. The molecule has 0 bridgehead atoms. The van der Waals surface area contributed by atoms with E-state index in [9.17, 15) is 8.78 Å². The predicted molar refractivity (Wildman–Crippen MR) is 160 cm³/mol. The molecule has 0 amide bonds. The van der Waals surface area contributed by atoms with Crippen molar-refractivity contribution < 1.29 is 13.5 Å². The number of alkyl halides is 2. The quantitative estimate of drug-likeness (QED) is 0.203. The third-order valence-electron chi connectivity index (χ3n) is 7.80. The fourth-order valence-corrected chi connectivity index (χ4v) is 6.06. The molecular weight excluding hydrogens is 558 g/mol. The van der Waals surface area contributed by atoms with Crippen molar-refractivity contribution >= 4 is 22.5 Å². The summed E-state index contributed by atoms with van der Waals surface area (Å²) in [6.07, 6.45) is 2.13. The lowest BCUT2D eigenvalue weighted by molar-refractivity contribution is 0.0174. The van der Waals surface area contributed by atoms with Crippen LogP contribution in [0.1, 0.15) is 51.8 Å². The lowest BCUT2D eigenvalue weighted by Gasteiger charge is -2.41. The highest BCUT2D eigenvalue weighted by Crippen LogP contribution is 2.44. The maximum absolute atomic E-state index is 13.8. The van der Waals surface area contributed by atoms with E-state index in [4.69, 9.17) is 26.3 Å². The smallest absolute Gasteiger partial charge is 0.270 e. The number of halogens is 3. The van der Waals surface area contributed by atoms with E-state index in [1.807, 2.05) is 59.3 Å². The number of ether oxygens (including phenoxy) is 1. The maximum Gasteiger partial charge on any atom is 0.270 e. The molecule has 0 saturated heterocycles. The van der Waals surface area contributed by atoms with Crippen LogP contribution in [-0.2, 0) is 24.9 Å². The van der Waals surface area contributed by atoms with Gasteiger partial charge in [0.25, 0.3) is 5.92 Å². The lowest BCUT2D eigenvalue weighted by Crippen LogP contribution is -2.45. The molecule has 0 radical (unpaired) electrons. The molecular formula is C32H33ClF2N6O. The van der Waals surface area contributed by atoms with Crippen molar-refractivity contribution in [2.45, 2.75) is 38.7 Å². The van der Waals surface area contributed by atoms with Gasteiger partial charge < -0.3 is 4.74 Å². The minimum absolute atomic E-state index is 0.0452. The Bertz CT molecular complexity index is 1760. The van der Waals surface area contributed by atoms with Gasteiger partial charge in [0.15, 0.2) is 0 Å². The normalized spacial score (nSPS) is 13.5. The van der Waals surface area contributed by atoms with E-state index in [0.29, 0.717) is 28.4 Å². The molecule has 0 saturated carbocycles. The Balaban J connectivity index is 1.73. The topological polar surface area (TPSA) is 69.0 Å². The van der Waals surface area contributed by atoms with E-state index >= 15 is 0 Å². The maximum atomic E-state index is 13.8. The summed E-state index contributed by atoms with van der Waals surface area (Å²) in [6.45, 7) is 4.86. The number of rotatable bonds is 8. The van der Waals surface area contributed by atoms with E-state index in [1.165, 1.54) is 12.1 Å². The molecule has 3 heterocycles. The van der Waals surface area contributed by atoms with Crippen molar-refractivity contribution in [3.05, 3.63) is 111 Å². The second-order valence-electron chi connectivity index (χ2n) is 10.8. The van der Waals surface area contributed by atoms with E-state index in [-0.39, 0.29) is 5.56 Å². The van der Waals surface area contributed by atoms with Gasteiger partial charge in [-0.3, -0.25) is 9.88 Å². The van der Waals surface area contributed by atoms with Gasteiger partial charge in [0, 0.05) is 53.9 Å². The summed E-state index contributed by atoms with van der Waals surface area (Å²) in [6, 6.07) is 16.3. The highest BCUT2D eigenvalue weighted by Gasteiger charge is 2.43. The number of hydrogen-bond acceptors (Lipinski definition) is 6. The summed E-state index contributed by atoms with van der Waals surface area (Å²) in [7, 11) is 7.44. The van der Waals surface area contributed by atoms with E-state index in [1.54, 1.807) is 30.1 Å². The van der Waals surface area contributed by atoms with Crippen LogP contribution in [0.25, 0.3) is 10.9 Å². The van der Waals surface area contributed by atoms with E-state index in [2.05, 4.69) is 21.3 Å². The Morgan fingerprint density at radius 2 is 1.67 bits per heavy atom. The Morgan fingerprint density at radius 1 is 0.976 bits per heavy atom. The van der Waals surface area contributed by atoms with Crippen LogP contribution in [0.2, 0.25) is 5.02 Å². The van der Waals surface area contributed by atoms with Gasteiger partial charge in [-0.2, -0.15) is 0 Å². The SMILES string of the molecule is COc1nc2ccc(C(c3ccc(C)nc3C)(c3cnnn3C)N(C)C)cc2c(Cl)c1Cc1ccc(C(C)(F)F)cc1. The third kappa shape index (κ3) is 5.01. The summed E-state index contributed by atoms with van der Waals surface area (Å²) >= 11 is 7.14. The molecule has 0 aliphatic heterocycles. The average molecular weight is 591 g/mol. The molecule has 5 aromatic rings. The number of methoxy groups -OCH3 is 1. The number of nitrogens with zero attached hydrogens (tertiary/aromatic N) is 6. The molecule has 0 aliphatic rings. The van der Waals surface area contributed by atoms with Crippen molar-refractivity contribution in [3.63, 3.8) is 0 Å². The van der Waals surface area contributed by atoms with Crippen LogP contribution in [0.4, 0.5) is 8.78 Å². The molecule has 42 heavy (non-hydrogen) atoms. The largest absolute Gasteiger partial charge is 0.481 e. The zero-order chi connectivity index (χ0) is 30.4. The summed E-state index contributed by atoms with van der Waals surface area (Å²) in [5.41, 5.74) is 5.85. The first kappa shape index (κ1) is 29.5. The Labute approximate surface area is 249 Å². The summed E-state index contributed by atoms with van der Waals surface area (Å²) in [5.74, 6) is -2.53. The molecule has 218 valence electrons. The number of aryl methyl sites for hydroxylation is 3. The molecule has 7 nitrogen and oxygen atoms in total. The van der Waals surface area contributed by atoms with Crippen LogP contribution in [0.5, 0.6) is 5.88 Å². The summed E-state index contributed by atoms with van der Waals surface area (Å²) in [5, 5.41) is 9.70. The van der Waals surface area contributed by atoms with Gasteiger partial charge in [-0.1, -0.05) is 53.2 Å². The average Bonchev–Trinajstić information content (AvgIpc) is 3.37. The van der Waals surface area contributed by atoms with E-state index < -0.39 is 11.5 Å². The summed E-state index contributed by atoms with van der Waals surface area (Å²) < 4.78 is 35.0. The standard InChI is InChI=1S/C32H33ClF2N6O/c1-19-8-14-26(20(2)37-19)32(40(4)5,28-18-36-39-41(28)6)23-13-15-27-24(17-23)29(33)25(30(38-27)42-7)16-21-9-11-22(12-10-21)31(3,34)35/h8-15,17-18H,16H2,1-7H3. The molecule has 0 spiro atoms. The molecule has 2 aromatic carbocycles. The van der Waals surface area contributed by atoms with Gasteiger partial charge in [-0.05, 0) is 57.3 Å². The van der Waals surface area contributed by atoms with Crippen LogP contribution in [0, 0.1) is 13.8 Å². The monoisotopic (exact) mass is 590 g/mol. The molecule has 1 atom stereocenters. The zero-order valence-corrected chi connectivity index (χ0v) is 25.5. The number of aromatic nitrogens is 5. The highest BCUT2D eigenvalue weighted by molar-refractivity contribution is 6.36. The second kappa shape index (κ2) is 11.0. The van der Waals surface area contributed by atoms with Crippen LogP contribution >= 0.6 is 11.6 Å². The first-order valence-electron chi connectivity index (χ1n) is 13.5. The highest BCUT2D eigenvalue weighted by atomic mass is 35.5. The van der Waals surface area contributed by atoms with Crippen LogP contribution in [0.3, 0.4) is 0 Å². The first-order chi connectivity index (χ1) is 19.9. The molecule has 5 rings (SSSR count). The Morgan fingerprint density at radius 3 is 2.24 bits per heavy atom. The zero-order valence-electron chi connectivity index (χ0n) is 24.7. The van der Waals surface area contributed by atoms with Crippen molar-refractivity contribution in [3.8, 4) is 5.88 Å². The lowest BCUT2D eigenvalue weighted by atomic mass is 9.77. The van der Waals surface area contributed by atoms with Crippen molar-refractivity contribution in [1.29, 1.82) is 0 Å². The molecule has 3 aromatic heterocycles. The van der Waals surface area contributed by atoms with Crippen molar-refractivity contribution in [2.75, 3.05) is 21.2 Å². The van der Waals surface area contributed by atoms with Crippen molar-refractivity contribution in [2.24, 2.45) is 7.05 Å². The molecule has 0 aliphatic carbocycles. The minimum Gasteiger partial charge on any atom is -0.481 e. The molecule has 0 N–H and O–H groups in total. The Hall–Kier alpha value is -3.95.